The highest BCUT2D eigenvalue weighted by molar-refractivity contribution is 5.89. The van der Waals surface area contributed by atoms with E-state index in [2.05, 4.69) is 6.07 Å². The number of rotatable bonds is 5. The summed E-state index contributed by atoms with van der Waals surface area (Å²) in [7, 11) is 0. The van der Waals surface area contributed by atoms with Crippen molar-refractivity contribution in [2.45, 2.75) is 6.61 Å². The standard InChI is InChI=1S/C21H15NO3/c22-14-17-6-4-5-7-18(17)15-24-21(23)16-10-12-20(13-11-16)25-19-8-2-1-3-9-19/h1-13H,15H2. The Morgan fingerprint density at radius 2 is 1.48 bits per heavy atom. The molecule has 0 aliphatic heterocycles. The lowest BCUT2D eigenvalue weighted by molar-refractivity contribution is 0.0472. The first-order valence-electron chi connectivity index (χ1n) is 7.74. The first-order chi connectivity index (χ1) is 12.3. The van der Waals surface area contributed by atoms with Crippen LogP contribution in [0, 0.1) is 11.3 Å². The summed E-state index contributed by atoms with van der Waals surface area (Å²) in [6.07, 6.45) is 0. The van der Waals surface area contributed by atoms with E-state index in [0.29, 0.717) is 22.4 Å². The smallest absolute Gasteiger partial charge is 0.338 e. The first kappa shape index (κ1) is 16.3. The van der Waals surface area contributed by atoms with E-state index in [9.17, 15) is 4.79 Å². The molecule has 3 aromatic carbocycles. The van der Waals surface area contributed by atoms with Crippen molar-refractivity contribution in [3.63, 3.8) is 0 Å². The van der Waals surface area contributed by atoms with Crippen LogP contribution in [0.1, 0.15) is 21.5 Å². The molecule has 0 aliphatic rings. The Balaban J connectivity index is 1.62. The third-order valence-electron chi connectivity index (χ3n) is 3.57. The van der Waals surface area contributed by atoms with Crippen LogP contribution in [0.25, 0.3) is 0 Å². The fourth-order valence-corrected chi connectivity index (χ4v) is 2.27. The predicted octanol–water partition coefficient (Wildman–Crippen LogP) is 4.71. The van der Waals surface area contributed by atoms with E-state index in [-0.39, 0.29) is 6.61 Å². The molecule has 0 saturated carbocycles. The molecule has 0 saturated heterocycles. The zero-order chi connectivity index (χ0) is 17.5. The summed E-state index contributed by atoms with van der Waals surface area (Å²) in [6.45, 7) is 0.0604. The third-order valence-corrected chi connectivity index (χ3v) is 3.57. The molecule has 0 radical (unpaired) electrons. The minimum absolute atomic E-state index is 0.0604. The molecule has 0 amide bonds. The summed E-state index contributed by atoms with van der Waals surface area (Å²) in [4.78, 5) is 12.1. The third kappa shape index (κ3) is 4.24. The highest BCUT2D eigenvalue weighted by Crippen LogP contribution is 2.21. The van der Waals surface area contributed by atoms with Crippen molar-refractivity contribution in [1.82, 2.24) is 0 Å². The molecule has 3 rings (SSSR count). The molecule has 122 valence electrons. The van der Waals surface area contributed by atoms with Gasteiger partial charge in [-0.1, -0.05) is 36.4 Å². The largest absolute Gasteiger partial charge is 0.457 e. The van der Waals surface area contributed by atoms with E-state index in [1.54, 1.807) is 48.5 Å². The first-order valence-corrected chi connectivity index (χ1v) is 7.74. The average molecular weight is 329 g/mol. The lowest BCUT2D eigenvalue weighted by Gasteiger charge is -2.08. The van der Waals surface area contributed by atoms with Crippen LogP contribution in [-0.2, 0) is 11.3 Å². The van der Waals surface area contributed by atoms with Gasteiger partial charge in [0.05, 0.1) is 17.2 Å². The van der Waals surface area contributed by atoms with Crippen molar-refractivity contribution < 1.29 is 14.3 Å². The van der Waals surface area contributed by atoms with Gasteiger partial charge in [-0.2, -0.15) is 5.26 Å². The van der Waals surface area contributed by atoms with Gasteiger partial charge < -0.3 is 9.47 Å². The summed E-state index contributed by atoms with van der Waals surface area (Å²) in [6, 6.07) is 25.3. The van der Waals surface area contributed by atoms with E-state index >= 15 is 0 Å². The van der Waals surface area contributed by atoms with Crippen molar-refractivity contribution in [1.29, 1.82) is 5.26 Å². The Morgan fingerprint density at radius 3 is 2.20 bits per heavy atom. The van der Waals surface area contributed by atoms with Gasteiger partial charge >= 0.3 is 5.97 Å². The second-order valence-corrected chi connectivity index (χ2v) is 5.28. The monoisotopic (exact) mass is 329 g/mol. The van der Waals surface area contributed by atoms with Crippen LogP contribution in [-0.4, -0.2) is 5.97 Å². The van der Waals surface area contributed by atoms with Gasteiger partial charge in [-0.05, 0) is 42.5 Å². The number of nitrogens with zero attached hydrogens (tertiary/aromatic N) is 1. The Bertz CT molecular complexity index is 896. The van der Waals surface area contributed by atoms with Gasteiger partial charge in [0.2, 0.25) is 0 Å². The minimum Gasteiger partial charge on any atom is -0.457 e. The zero-order valence-electron chi connectivity index (χ0n) is 13.4. The van der Waals surface area contributed by atoms with Crippen molar-refractivity contribution in [3.8, 4) is 17.6 Å². The van der Waals surface area contributed by atoms with Crippen molar-refractivity contribution >= 4 is 5.97 Å². The number of esters is 1. The molecule has 0 unspecified atom stereocenters. The molecule has 0 atom stereocenters. The van der Waals surface area contributed by atoms with E-state index in [0.717, 1.165) is 5.75 Å². The molecule has 0 N–H and O–H groups in total. The highest BCUT2D eigenvalue weighted by atomic mass is 16.5. The topological polar surface area (TPSA) is 59.3 Å². The fourth-order valence-electron chi connectivity index (χ4n) is 2.27. The number of ether oxygens (including phenoxy) is 2. The van der Waals surface area contributed by atoms with E-state index in [1.807, 2.05) is 30.3 Å². The quantitative estimate of drug-likeness (QED) is 0.636. The molecule has 0 spiro atoms. The van der Waals surface area contributed by atoms with E-state index < -0.39 is 5.97 Å². The average Bonchev–Trinajstić information content (AvgIpc) is 2.67. The van der Waals surface area contributed by atoms with Gasteiger partial charge in [-0.3, -0.25) is 0 Å². The SMILES string of the molecule is N#Cc1ccccc1COC(=O)c1ccc(Oc2ccccc2)cc1. The number of hydrogen-bond donors (Lipinski definition) is 0. The maximum absolute atomic E-state index is 12.1. The Morgan fingerprint density at radius 1 is 0.840 bits per heavy atom. The summed E-state index contributed by atoms with van der Waals surface area (Å²) in [5.41, 5.74) is 1.61. The number of hydrogen-bond acceptors (Lipinski definition) is 4. The molecule has 0 aromatic heterocycles. The van der Waals surface area contributed by atoms with Gasteiger partial charge in [0.1, 0.15) is 18.1 Å². The maximum Gasteiger partial charge on any atom is 0.338 e. The van der Waals surface area contributed by atoms with Gasteiger partial charge in [-0.25, -0.2) is 4.79 Å². The molecule has 0 heterocycles. The molecule has 0 bridgehead atoms. The summed E-state index contributed by atoms with van der Waals surface area (Å²) in [5, 5.41) is 9.05. The number of nitriles is 1. The summed E-state index contributed by atoms with van der Waals surface area (Å²) >= 11 is 0. The van der Waals surface area contributed by atoms with Gasteiger partial charge in [0, 0.05) is 5.56 Å². The molecular weight excluding hydrogens is 314 g/mol. The second kappa shape index (κ2) is 7.80. The molecule has 0 fully saturated rings. The molecule has 3 aromatic rings. The zero-order valence-corrected chi connectivity index (χ0v) is 13.4. The van der Waals surface area contributed by atoms with Crippen molar-refractivity contribution in [2.24, 2.45) is 0 Å². The van der Waals surface area contributed by atoms with Crippen LogP contribution in [0.15, 0.2) is 78.9 Å². The number of benzene rings is 3. The molecule has 25 heavy (non-hydrogen) atoms. The van der Waals surface area contributed by atoms with Crippen LogP contribution in [0.2, 0.25) is 0 Å². The molecule has 4 heteroatoms. The van der Waals surface area contributed by atoms with E-state index in [1.165, 1.54) is 0 Å². The Labute approximate surface area is 145 Å². The van der Waals surface area contributed by atoms with Crippen LogP contribution < -0.4 is 4.74 Å². The number of carbonyl (C=O) groups is 1. The minimum atomic E-state index is -0.445. The number of para-hydroxylation sites is 1. The molecule has 0 aliphatic carbocycles. The Kier molecular flexibility index (Phi) is 5.08. The maximum atomic E-state index is 12.1. The van der Waals surface area contributed by atoms with Gasteiger partial charge in [0.15, 0.2) is 0 Å². The Hall–Kier alpha value is -3.58. The normalized spacial score (nSPS) is 9.88. The lowest BCUT2D eigenvalue weighted by Crippen LogP contribution is -2.06. The summed E-state index contributed by atoms with van der Waals surface area (Å²) in [5.74, 6) is 0.919. The van der Waals surface area contributed by atoms with Crippen molar-refractivity contribution in [3.05, 3.63) is 95.6 Å². The van der Waals surface area contributed by atoms with Crippen molar-refractivity contribution in [2.75, 3.05) is 0 Å². The lowest BCUT2D eigenvalue weighted by atomic mass is 10.1. The van der Waals surface area contributed by atoms with Crippen LogP contribution in [0.5, 0.6) is 11.5 Å². The number of carbonyl (C=O) groups excluding carboxylic acids is 1. The molecular formula is C21H15NO3. The predicted molar refractivity (Wildman–Crippen MR) is 93.2 cm³/mol. The van der Waals surface area contributed by atoms with E-state index in [4.69, 9.17) is 14.7 Å². The second-order valence-electron chi connectivity index (χ2n) is 5.28. The van der Waals surface area contributed by atoms with Crippen LogP contribution in [0.4, 0.5) is 0 Å². The van der Waals surface area contributed by atoms with Crippen LogP contribution in [0.3, 0.4) is 0 Å². The highest BCUT2D eigenvalue weighted by Gasteiger charge is 2.09. The fraction of sp³-hybridized carbons (Fsp3) is 0.0476. The van der Waals surface area contributed by atoms with Crippen LogP contribution >= 0.6 is 0 Å². The molecule has 4 nitrogen and oxygen atoms in total. The summed E-state index contributed by atoms with van der Waals surface area (Å²) < 4.78 is 11.0. The van der Waals surface area contributed by atoms with Gasteiger partial charge in [0.25, 0.3) is 0 Å². The van der Waals surface area contributed by atoms with Gasteiger partial charge in [-0.15, -0.1) is 0 Å².